The third-order valence-corrected chi connectivity index (χ3v) is 7.80. The van der Waals surface area contributed by atoms with Gasteiger partial charge in [-0.3, -0.25) is 9.59 Å². The van der Waals surface area contributed by atoms with Crippen molar-refractivity contribution in [2.75, 3.05) is 48.4 Å². The second-order valence-electron chi connectivity index (χ2n) is 10.5. The molecule has 0 atom stereocenters. The van der Waals surface area contributed by atoms with Crippen molar-refractivity contribution in [1.82, 2.24) is 5.32 Å². The van der Waals surface area contributed by atoms with Gasteiger partial charge in [0.2, 0.25) is 0 Å². The maximum atomic E-state index is 13.6. The van der Waals surface area contributed by atoms with Crippen molar-refractivity contribution >= 4 is 28.9 Å². The summed E-state index contributed by atoms with van der Waals surface area (Å²) in [5, 5.41) is 6.27. The Kier molecular flexibility index (Phi) is 8.35. The summed E-state index contributed by atoms with van der Waals surface area (Å²) in [6, 6.07) is 21.5. The zero-order chi connectivity index (χ0) is 27.2. The van der Waals surface area contributed by atoms with E-state index in [9.17, 15) is 9.59 Å². The molecule has 2 amide bonds. The Labute approximate surface area is 231 Å². The second-order valence-corrected chi connectivity index (χ2v) is 10.5. The molecule has 2 fully saturated rings. The van der Waals surface area contributed by atoms with Gasteiger partial charge in [-0.05, 0) is 62.2 Å². The first-order chi connectivity index (χ1) is 19.0. The number of para-hydroxylation sites is 2. The molecule has 39 heavy (non-hydrogen) atoms. The Morgan fingerprint density at radius 3 is 2.15 bits per heavy atom. The summed E-state index contributed by atoms with van der Waals surface area (Å²) >= 11 is 0. The van der Waals surface area contributed by atoms with Crippen molar-refractivity contribution in [3.05, 3.63) is 83.4 Å². The zero-order valence-corrected chi connectivity index (χ0v) is 22.9. The summed E-state index contributed by atoms with van der Waals surface area (Å²) in [5.41, 5.74) is 4.90. The van der Waals surface area contributed by atoms with Crippen LogP contribution in [-0.2, 0) is 0 Å². The van der Waals surface area contributed by atoms with Gasteiger partial charge in [0.05, 0.1) is 18.4 Å². The van der Waals surface area contributed by atoms with E-state index in [1.807, 2.05) is 67.6 Å². The van der Waals surface area contributed by atoms with Crippen LogP contribution in [0.1, 0.15) is 58.4 Å². The molecule has 1 aliphatic heterocycles. The molecular formula is C32H38N4O3. The van der Waals surface area contributed by atoms with Gasteiger partial charge in [-0.25, -0.2) is 0 Å². The number of nitrogens with one attached hydrogen (secondary N) is 2. The number of piperazine rings is 1. The number of benzene rings is 3. The fraction of sp³-hybridized carbons (Fsp3) is 0.375. The minimum atomic E-state index is -0.188. The first-order valence-corrected chi connectivity index (χ1v) is 14.0. The summed E-state index contributed by atoms with van der Waals surface area (Å²) in [7, 11) is 1.70. The molecule has 2 aliphatic rings. The predicted molar refractivity (Wildman–Crippen MR) is 157 cm³/mol. The van der Waals surface area contributed by atoms with Gasteiger partial charge >= 0.3 is 0 Å². The van der Waals surface area contributed by atoms with Crippen LogP contribution >= 0.6 is 0 Å². The molecule has 1 aliphatic carbocycles. The molecule has 3 aromatic rings. The summed E-state index contributed by atoms with van der Waals surface area (Å²) in [4.78, 5) is 31.1. The number of carbonyl (C=O) groups is 2. The number of aryl methyl sites for hydroxylation is 1. The lowest BCUT2D eigenvalue weighted by Gasteiger charge is -2.38. The van der Waals surface area contributed by atoms with E-state index in [4.69, 9.17) is 4.74 Å². The average Bonchev–Trinajstić information content (AvgIpc) is 2.98. The van der Waals surface area contributed by atoms with E-state index >= 15 is 0 Å². The van der Waals surface area contributed by atoms with Gasteiger partial charge in [-0.1, -0.05) is 49.1 Å². The number of nitrogens with zero attached hydrogens (tertiary/aromatic N) is 2. The van der Waals surface area contributed by atoms with Crippen LogP contribution in [-0.4, -0.2) is 51.1 Å². The minimum absolute atomic E-state index is 0.0736. The summed E-state index contributed by atoms with van der Waals surface area (Å²) < 4.78 is 5.57. The first-order valence-electron chi connectivity index (χ1n) is 14.0. The number of hydrogen-bond acceptors (Lipinski definition) is 5. The molecular weight excluding hydrogens is 488 g/mol. The number of carbonyl (C=O) groups excluding carboxylic acids is 2. The molecule has 0 spiro atoms. The van der Waals surface area contributed by atoms with Crippen LogP contribution in [0.15, 0.2) is 66.7 Å². The van der Waals surface area contributed by atoms with Gasteiger partial charge in [0, 0.05) is 49.2 Å². The number of methoxy groups -OCH3 is 1. The van der Waals surface area contributed by atoms with Gasteiger partial charge < -0.3 is 25.2 Å². The van der Waals surface area contributed by atoms with Gasteiger partial charge in [0.15, 0.2) is 0 Å². The van der Waals surface area contributed by atoms with Crippen LogP contribution in [0.3, 0.4) is 0 Å². The maximum Gasteiger partial charge on any atom is 0.255 e. The van der Waals surface area contributed by atoms with E-state index in [1.54, 1.807) is 7.11 Å². The van der Waals surface area contributed by atoms with Crippen LogP contribution < -0.4 is 25.2 Å². The molecule has 0 bridgehead atoms. The van der Waals surface area contributed by atoms with Crippen LogP contribution in [0.2, 0.25) is 0 Å². The number of ether oxygens (including phenoxy) is 1. The molecule has 0 radical (unpaired) electrons. The SMILES string of the molecule is COc1ccccc1N1CCN(c2ccc(NC(=O)c3ccc(C)cc3)cc2C(=O)NC2CCCCC2)CC1. The smallest absolute Gasteiger partial charge is 0.255 e. The van der Waals surface area contributed by atoms with E-state index in [2.05, 4.69) is 26.5 Å². The standard InChI is InChI=1S/C32H38N4O3/c1-23-12-14-24(15-13-23)31(37)34-26-16-17-28(27(22-26)32(38)33-25-8-4-3-5-9-25)35-18-20-36(21-19-35)29-10-6-7-11-30(29)39-2/h6-7,10-17,22,25H,3-5,8-9,18-21H2,1-2H3,(H,33,38)(H,34,37). The monoisotopic (exact) mass is 526 g/mol. The molecule has 1 saturated heterocycles. The highest BCUT2D eigenvalue weighted by molar-refractivity contribution is 6.06. The van der Waals surface area contributed by atoms with Crippen molar-refractivity contribution in [1.29, 1.82) is 0 Å². The maximum absolute atomic E-state index is 13.6. The van der Waals surface area contributed by atoms with E-state index in [-0.39, 0.29) is 17.9 Å². The van der Waals surface area contributed by atoms with E-state index in [0.29, 0.717) is 16.8 Å². The average molecular weight is 527 g/mol. The summed E-state index contributed by atoms with van der Waals surface area (Å²) in [6.07, 6.45) is 5.56. The lowest BCUT2D eigenvalue weighted by Crippen LogP contribution is -2.47. The lowest BCUT2D eigenvalue weighted by atomic mass is 9.95. The summed E-state index contributed by atoms with van der Waals surface area (Å²) in [5.74, 6) is 0.606. The number of hydrogen-bond donors (Lipinski definition) is 2. The molecule has 1 saturated carbocycles. The van der Waals surface area contributed by atoms with Crippen molar-refractivity contribution < 1.29 is 14.3 Å². The van der Waals surface area contributed by atoms with Crippen LogP contribution in [0.25, 0.3) is 0 Å². The molecule has 3 aromatic carbocycles. The molecule has 5 rings (SSSR count). The fourth-order valence-corrected chi connectivity index (χ4v) is 5.57. The Morgan fingerprint density at radius 2 is 1.46 bits per heavy atom. The highest BCUT2D eigenvalue weighted by atomic mass is 16.5. The van der Waals surface area contributed by atoms with Crippen molar-refractivity contribution in [2.24, 2.45) is 0 Å². The lowest BCUT2D eigenvalue weighted by molar-refractivity contribution is 0.0927. The molecule has 2 N–H and O–H groups in total. The molecule has 7 heteroatoms. The third-order valence-electron chi connectivity index (χ3n) is 7.80. The Hall–Kier alpha value is -4.00. The molecule has 0 aromatic heterocycles. The Bertz CT molecular complexity index is 1290. The quantitative estimate of drug-likeness (QED) is 0.417. The Morgan fingerprint density at radius 1 is 0.795 bits per heavy atom. The zero-order valence-electron chi connectivity index (χ0n) is 22.9. The number of amides is 2. The first kappa shape index (κ1) is 26.6. The summed E-state index contributed by atoms with van der Waals surface area (Å²) in [6.45, 7) is 5.17. The van der Waals surface area contributed by atoms with Crippen LogP contribution in [0.5, 0.6) is 5.75 Å². The minimum Gasteiger partial charge on any atom is -0.495 e. The van der Waals surface area contributed by atoms with E-state index in [1.165, 1.54) is 6.42 Å². The van der Waals surface area contributed by atoms with Crippen LogP contribution in [0.4, 0.5) is 17.1 Å². The highest BCUT2D eigenvalue weighted by Gasteiger charge is 2.25. The topological polar surface area (TPSA) is 73.9 Å². The van der Waals surface area contributed by atoms with Gasteiger partial charge in [-0.2, -0.15) is 0 Å². The van der Waals surface area contributed by atoms with Gasteiger partial charge in [-0.15, -0.1) is 0 Å². The Balaban J connectivity index is 1.36. The van der Waals surface area contributed by atoms with Crippen molar-refractivity contribution in [3.8, 4) is 5.75 Å². The van der Waals surface area contributed by atoms with E-state index in [0.717, 1.165) is 74.6 Å². The molecule has 204 valence electrons. The molecule has 7 nitrogen and oxygen atoms in total. The van der Waals surface area contributed by atoms with Crippen LogP contribution in [0, 0.1) is 6.92 Å². The number of rotatable bonds is 7. The largest absolute Gasteiger partial charge is 0.495 e. The van der Waals surface area contributed by atoms with Crippen molar-refractivity contribution in [2.45, 2.75) is 45.1 Å². The third kappa shape index (κ3) is 6.36. The van der Waals surface area contributed by atoms with E-state index < -0.39 is 0 Å². The predicted octanol–water partition coefficient (Wildman–Crippen LogP) is 5.65. The molecule has 1 heterocycles. The van der Waals surface area contributed by atoms with Gasteiger partial charge in [0.1, 0.15) is 5.75 Å². The fourth-order valence-electron chi connectivity index (χ4n) is 5.57. The second kappa shape index (κ2) is 12.2. The van der Waals surface area contributed by atoms with Crippen molar-refractivity contribution in [3.63, 3.8) is 0 Å². The highest BCUT2D eigenvalue weighted by Crippen LogP contribution is 2.31. The van der Waals surface area contributed by atoms with Gasteiger partial charge in [0.25, 0.3) is 11.8 Å². The number of anilines is 3. The molecule has 0 unspecified atom stereocenters. The normalized spacial score (nSPS) is 16.1.